The highest BCUT2D eigenvalue weighted by Crippen LogP contribution is 2.28. The molecule has 0 saturated carbocycles. The first-order chi connectivity index (χ1) is 11.1. The van der Waals surface area contributed by atoms with Crippen LogP contribution in [0.1, 0.15) is 27.0 Å². The van der Waals surface area contributed by atoms with Gasteiger partial charge in [0.2, 0.25) is 0 Å². The summed E-state index contributed by atoms with van der Waals surface area (Å²) in [6.45, 7) is 0.690. The van der Waals surface area contributed by atoms with Crippen LogP contribution in [0.2, 0.25) is 0 Å². The predicted molar refractivity (Wildman–Crippen MR) is 82.6 cm³/mol. The van der Waals surface area contributed by atoms with Crippen molar-refractivity contribution in [2.24, 2.45) is 0 Å². The van der Waals surface area contributed by atoms with E-state index in [1.807, 2.05) is 6.07 Å². The minimum Gasteiger partial charge on any atom is -0.488 e. The number of hydrogen-bond acceptors (Lipinski definition) is 3. The fourth-order valence-electron chi connectivity index (χ4n) is 2.64. The lowest BCUT2D eigenvalue weighted by Crippen LogP contribution is -2.34. The topological polar surface area (TPSA) is 53.3 Å². The first-order valence-corrected chi connectivity index (χ1v) is 7.29. The molecule has 4 nitrogen and oxygen atoms in total. The molecule has 0 radical (unpaired) electrons. The summed E-state index contributed by atoms with van der Waals surface area (Å²) in [5.74, 6) is 0.110. The van der Waals surface area contributed by atoms with Gasteiger partial charge in [0, 0.05) is 30.3 Å². The van der Waals surface area contributed by atoms with E-state index in [0.717, 1.165) is 5.56 Å². The summed E-state index contributed by atoms with van der Waals surface area (Å²) >= 11 is 0. The van der Waals surface area contributed by atoms with Crippen LogP contribution >= 0.6 is 0 Å². The number of fused-ring (bicyclic) bond motifs is 1. The number of hydrogen-bond donors (Lipinski definition) is 0. The average molecular weight is 310 g/mol. The molecule has 1 aliphatic rings. The summed E-state index contributed by atoms with van der Waals surface area (Å²) in [7, 11) is 1.77. The Morgan fingerprint density at radius 3 is 2.91 bits per heavy atom. The molecular weight excluding hydrogens is 295 g/mol. The molecule has 0 aliphatic carbocycles. The number of carbonyl (C=O) groups excluding carboxylic acids is 1. The van der Waals surface area contributed by atoms with E-state index in [9.17, 15) is 9.18 Å². The van der Waals surface area contributed by atoms with Crippen molar-refractivity contribution in [3.63, 3.8) is 0 Å². The fourth-order valence-corrected chi connectivity index (χ4v) is 2.64. The molecule has 0 N–H and O–H groups in total. The fraction of sp³-hybridized carbons (Fsp3) is 0.222. The number of rotatable bonds is 3. The van der Waals surface area contributed by atoms with Gasteiger partial charge < -0.3 is 9.64 Å². The van der Waals surface area contributed by atoms with Crippen molar-refractivity contribution in [3.05, 3.63) is 64.5 Å². The molecular formula is C18H15FN2O2. The van der Waals surface area contributed by atoms with Crippen molar-refractivity contribution < 1.29 is 13.9 Å². The Kier molecular flexibility index (Phi) is 3.98. The molecule has 2 aromatic carbocycles. The molecule has 116 valence electrons. The van der Waals surface area contributed by atoms with Crippen LogP contribution in [0.4, 0.5) is 4.39 Å². The molecule has 0 unspecified atom stereocenters. The molecule has 0 spiro atoms. The lowest BCUT2D eigenvalue weighted by Gasteiger charge is -2.26. The zero-order valence-corrected chi connectivity index (χ0v) is 12.7. The van der Waals surface area contributed by atoms with Gasteiger partial charge in [0.15, 0.2) is 0 Å². The second-order valence-electron chi connectivity index (χ2n) is 5.47. The monoisotopic (exact) mass is 310 g/mol. The van der Waals surface area contributed by atoms with E-state index in [4.69, 9.17) is 10.00 Å². The van der Waals surface area contributed by atoms with Crippen LogP contribution in [-0.2, 0) is 13.0 Å². The summed E-state index contributed by atoms with van der Waals surface area (Å²) < 4.78 is 19.6. The second-order valence-corrected chi connectivity index (χ2v) is 5.47. The number of likely N-dealkylation sites (N-methyl/N-ethyl adjacent to an activating group) is 1. The van der Waals surface area contributed by atoms with Crippen LogP contribution in [0, 0.1) is 17.1 Å². The molecule has 23 heavy (non-hydrogen) atoms. The van der Waals surface area contributed by atoms with Gasteiger partial charge in [-0.3, -0.25) is 4.79 Å². The summed E-state index contributed by atoms with van der Waals surface area (Å²) in [6, 6.07) is 11.5. The maximum Gasteiger partial charge on any atom is 0.254 e. The highest BCUT2D eigenvalue weighted by molar-refractivity contribution is 5.97. The zero-order valence-electron chi connectivity index (χ0n) is 12.7. The summed E-state index contributed by atoms with van der Waals surface area (Å²) in [6.07, 6.45) is 0.712. The quantitative estimate of drug-likeness (QED) is 0.876. The van der Waals surface area contributed by atoms with E-state index in [-0.39, 0.29) is 18.1 Å². The predicted octanol–water partition coefficient (Wildman–Crippen LogP) is 2.90. The number of nitrogens with zero attached hydrogens (tertiary/aromatic N) is 2. The number of nitriles is 1. The van der Waals surface area contributed by atoms with Gasteiger partial charge in [-0.25, -0.2) is 4.39 Å². The summed E-state index contributed by atoms with van der Waals surface area (Å²) in [5.41, 5.74) is 2.15. The molecule has 0 fully saturated rings. The summed E-state index contributed by atoms with van der Waals surface area (Å²) in [4.78, 5) is 13.8. The number of benzene rings is 2. The molecule has 5 heteroatoms. The first kappa shape index (κ1) is 15.0. The molecule has 1 amide bonds. The van der Waals surface area contributed by atoms with E-state index in [0.29, 0.717) is 29.8 Å². The first-order valence-electron chi connectivity index (χ1n) is 7.29. The van der Waals surface area contributed by atoms with Crippen molar-refractivity contribution in [1.82, 2.24) is 4.90 Å². The van der Waals surface area contributed by atoms with E-state index < -0.39 is 5.82 Å². The van der Waals surface area contributed by atoms with Crippen molar-refractivity contribution in [1.29, 1.82) is 5.26 Å². The minimum absolute atomic E-state index is 0.0266. The lowest BCUT2D eigenvalue weighted by molar-refractivity contribution is 0.0779. The zero-order chi connectivity index (χ0) is 16.4. The molecule has 0 saturated heterocycles. The van der Waals surface area contributed by atoms with Crippen LogP contribution in [0.5, 0.6) is 5.75 Å². The normalized spacial score (nSPS) is 13.4. The Morgan fingerprint density at radius 1 is 1.35 bits per heavy atom. The standard InChI is InChI=1S/C18H15FN2O2/c1-21-8-7-14-15(18(21)22)3-2-4-17(14)23-11-13-6-5-12(10-20)9-16(13)19/h2-6,9H,7-8,11H2,1H3. The Balaban J connectivity index is 1.82. The average Bonchev–Trinajstić information content (AvgIpc) is 2.57. The number of ether oxygens (including phenoxy) is 1. The van der Waals surface area contributed by atoms with Gasteiger partial charge in [-0.1, -0.05) is 12.1 Å². The molecule has 2 aromatic rings. The molecule has 0 atom stereocenters. The van der Waals surface area contributed by atoms with Crippen LogP contribution in [-0.4, -0.2) is 24.4 Å². The van der Waals surface area contributed by atoms with Gasteiger partial charge in [-0.15, -0.1) is 0 Å². The maximum atomic E-state index is 13.9. The third kappa shape index (κ3) is 2.88. The van der Waals surface area contributed by atoms with Gasteiger partial charge in [0.25, 0.3) is 5.91 Å². The smallest absolute Gasteiger partial charge is 0.254 e. The minimum atomic E-state index is -0.468. The lowest BCUT2D eigenvalue weighted by atomic mass is 9.98. The summed E-state index contributed by atoms with van der Waals surface area (Å²) in [5, 5.41) is 8.76. The SMILES string of the molecule is CN1CCc2c(OCc3ccc(C#N)cc3F)cccc2C1=O. The molecule has 0 bridgehead atoms. The number of carbonyl (C=O) groups is 1. The highest BCUT2D eigenvalue weighted by Gasteiger charge is 2.24. The van der Waals surface area contributed by atoms with Gasteiger partial charge in [0.1, 0.15) is 18.2 Å². The van der Waals surface area contributed by atoms with Gasteiger partial charge in [-0.05, 0) is 30.7 Å². The highest BCUT2D eigenvalue weighted by atomic mass is 19.1. The Labute approximate surface area is 133 Å². The Hall–Kier alpha value is -2.87. The van der Waals surface area contributed by atoms with Crippen LogP contribution in [0.25, 0.3) is 0 Å². The third-order valence-electron chi connectivity index (χ3n) is 3.97. The van der Waals surface area contributed by atoms with E-state index in [2.05, 4.69) is 0 Å². The van der Waals surface area contributed by atoms with Crippen molar-refractivity contribution in [2.75, 3.05) is 13.6 Å². The van der Waals surface area contributed by atoms with E-state index >= 15 is 0 Å². The number of halogens is 1. The van der Waals surface area contributed by atoms with E-state index in [1.54, 1.807) is 42.3 Å². The molecule has 1 heterocycles. The molecule has 0 aromatic heterocycles. The maximum absolute atomic E-state index is 13.9. The van der Waals surface area contributed by atoms with Crippen molar-refractivity contribution in [3.8, 4) is 11.8 Å². The van der Waals surface area contributed by atoms with Crippen LogP contribution in [0.3, 0.4) is 0 Å². The van der Waals surface area contributed by atoms with Crippen molar-refractivity contribution in [2.45, 2.75) is 13.0 Å². The Morgan fingerprint density at radius 2 is 2.17 bits per heavy atom. The van der Waals surface area contributed by atoms with Gasteiger partial charge in [-0.2, -0.15) is 5.26 Å². The largest absolute Gasteiger partial charge is 0.488 e. The van der Waals surface area contributed by atoms with Gasteiger partial charge >= 0.3 is 0 Å². The van der Waals surface area contributed by atoms with Crippen LogP contribution < -0.4 is 4.74 Å². The van der Waals surface area contributed by atoms with E-state index in [1.165, 1.54) is 6.07 Å². The van der Waals surface area contributed by atoms with Crippen molar-refractivity contribution >= 4 is 5.91 Å². The third-order valence-corrected chi connectivity index (χ3v) is 3.97. The molecule has 3 rings (SSSR count). The molecule has 1 aliphatic heterocycles. The number of amides is 1. The van der Waals surface area contributed by atoms with Gasteiger partial charge in [0.05, 0.1) is 11.6 Å². The van der Waals surface area contributed by atoms with Crippen LogP contribution in [0.15, 0.2) is 36.4 Å². The Bertz CT molecular complexity index is 811. The second kappa shape index (κ2) is 6.09.